The number of hydrogen-bond donors (Lipinski definition) is 3. The van der Waals surface area contributed by atoms with Crippen molar-refractivity contribution < 1.29 is 22.9 Å². The molecule has 9 heteroatoms. The Bertz CT molecular complexity index is 424. The van der Waals surface area contributed by atoms with Gasteiger partial charge in [0.2, 0.25) is 0 Å². The van der Waals surface area contributed by atoms with Gasteiger partial charge in [-0.1, -0.05) is 11.6 Å². The van der Waals surface area contributed by atoms with Gasteiger partial charge in [-0.05, 0) is 6.07 Å². The van der Waals surface area contributed by atoms with Gasteiger partial charge in [0.1, 0.15) is 11.2 Å². The summed E-state index contributed by atoms with van der Waals surface area (Å²) in [5, 5.41) is 2.32. The summed E-state index contributed by atoms with van der Waals surface area (Å²) in [5.74, 6) is 4.39. The van der Waals surface area contributed by atoms with Gasteiger partial charge in [0.05, 0.1) is 5.56 Å². The normalized spacial score (nSPS) is 11.1. The van der Waals surface area contributed by atoms with E-state index in [2.05, 4.69) is 10.3 Å². The minimum Gasteiger partial charge on any atom is -0.291 e. The van der Waals surface area contributed by atoms with Gasteiger partial charge in [-0.3, -0.25) is 15.5 Å². The van der Waals surface area contributed by atoms with Crippen LogP contribution in [0.15, 0.2) is 12.3 Å². The molecule has 1 rings (SSSR count). The third kappa shape index (κ3) is 3.75. The lowest BCUT2D eigenvalue weighted by Crippen LogP contribution is -2.36. The fourth-order valence-electron chi connectivity index (χ4n) is 0.988. The first-order valence-electron chi connectivity index (χ1n) is 4.36. The molecule has 17 heavy (non-hydrogen) atoms. The maximum absolute atomic E-state index is 12.3. The zero-order valence-electron chi connectivity index (χ0n) is 8.36. The Hall–Kier alpha value is -1.54. The molecule has 1 heterocycles. The van der Waals surface area contributed by atoms with Gasteiger partial charge < -0.3 is 0 Å². The molecule has 0 fully saturated rings. The van der Waals surface area contributed by atoms with Gasteiger partial charge in [0, 0.05) is 0 Å². The van der Waals surface area contributed by atoms with E-state index in [4.69, 9.17) is 17.4 Å². The van der Waals surface area contributed by atoms with Gasteiger partial charge in [0.25, 0.3) is 11.7 Å². The highest BCUT2D eigenvalue weighted by Gasteiger charge is 2.32. The number of carbonyl (C=O) groups is 1. The van der Waals surface area contributed by atoms with E-state index >= 15 is 0 Å². The van der Waals surface area contributed by atoms with E-state index in [-0.39, 0.29) is 17.4 Å². The molecule has 5 N–H and O–H groups in total. The number of hydrazine groups is 1. The molecular formula is C8H9ClF3N4O+. The summed E-state index contributed by atoms with van der Waals surface area (Å²) in [5.41, 5.74) is 0.946. The summed E-state index contributed by atoms with van der Waals surface area (Å²) in [6.45, 7) is -0.210. The van der Waals surface area contributed by atoms with Crippen LogP contribution >= 0.6 is 11.6 Å². The molecule has 94 valence electrons. The van der Waals surface area contributed by atoms with E-state index < -0.39 is 17.6 Å². The zero-order chi connectivity index (χ0) is 13.1. The maximum Gasteiger partial charge on any atom is 0.419 e. The number of rotatable bonds is 3. The molecule has 0 saturated carbocycles. The van der Waals surface area contributed by atoms with E-state index in [1.54, 1.807) is 0 Å². The summed E-state index contributed by atoms with van der Waals surface area (Å²) < 4.78 is 36.9. The molecule has 0 unspecified atom stereocenters. The maximum atomic E-state index is 12.3. The summed E-state index contributed by atoms with van der Waals surface area (Å²) >= 11 is 5.61. The average Bonchev–Trinajstić information content (AvgIpc) is 2.25. The summed E-state index contributed by atoms with van der Waals surface area (Å²) in [4.78, 5) is 13.1. The molecule has 0 bridgehead atoms. The number of amides is 1. The fraction of sp³-hybridized carbons (Fsp3) is 0.250. The number of pyridine rings is 1. The first-order valence-corrected chi connectivity index (χ1v) is 4.74. The van der Waals surface area contributed by atoms with Crippen LogP contribution in [-0.2, 0) is 11.0 Å². The highest BCUT2D eigenvalue weighted by atomic mass is 35.5. The van der Waals surface area contributed by atoms with Crippen molar-refractivity contribution in [2.45, 2.75) is 6.18 Å². The monoisotopic (exact) mass is 269 g/mol. The summed E-state index contributed by atoms with van der Waals surface area (Å²) in [7, 11) is 0. The molecule has 0 aliphatic carbocycles. The lowest BCUT2D eigenvalue weighted by atomic mass is 10.3. The Balaban J connectivity index is 2.80. The minimum atomic E-state index is -4.48. The van der Waals surface area contributed by atoms with Crippen LogP contribution in [0.1, 0.15) is 5.56 Å². The van der Waals surface area contributed by atoms with Crippen LogP contribution in [0.5, 0.6) is 0 Å². The Morgan fingerprint density at radius 3 is 2.65 bits per heavy atom. The highest BCUT2D eigenvalue weighted by Crippen LogP contribution is 2.30. The SMILES string of the molecule is NNC(=O)CNc1[nH+]cc(C(F)(F)F)cc1Cl. The number of anilines is 1. The van der Waals surface area contributed by atoms with Gasteiger partial charge in [0.15, 0.2) is 6.54 Å². The van der Waals surface area contributed by atoms with Gasteiger partial charge in [-0.25, -0.2) is 10.8 Å². The molecule has 1 amide bonds. The Labute approximate surface area is 99.1 Å². The van der Waals surface area contributed by atoms with Crippen molar-refractivity contribution in [3.63, 3.8) is 0 Å². The average molecular weight is 270 g/mol. The van der Waals surface area contributed by atoms with Gasteiger partial charge >= 0.3 is 6.18 Å². The number of carbonyl (C=O) groups excluding carboxylic acids is 1. The Morgan fingerprint density at radius 2 is 2.18 bits per heavy atom. The van der Waals surface area contributed by atoms with Crippen molar-refractivity contribution in [2.75, 3.05) is 11.9 Å². The van der Waals surface area contributed by atoms with Crippen LogP contribution in [0.3, 0.4) is 0 Å². The lowest BCUT2D eigenvalue weighted by Gasteiger charge is -2.06. The van der Waals surface area contributed by atoms with Crippen molar-refractivity contribution in [3.8, 4) is 0 Å². The Kier molecular flexibility index (Phi) is 4.13. The van der Waals surface area contributed by atoms with Gasteiger partial charge in [-0.2, -0.15) is 13.2 Å². The van der Waals surface area contributed by atoms with E-state index in [1.807, 2.05) is 5.43 Å². The standard InChI is InChI=1S/C8H8ClF3N4O/c9-5-1-4(8(10,11)12)2-14-7(5)15-3-6(17)16-13/h1-2H,3,13H2,(H,14,15)(H,16,17)/p+1. The number of aromatic amines is 1. The minimum absolute atomic E-state index is 0.100. The second kappa shape index (κ2) is 5.19. The second-order valence-corrected chi connectivity index (χ2v) is 3.44. The number of halogens is 4. The number of nitrogens with two attached hydrogens (primary N) is 1. The molecular weight excluding hydrogens is 261 g/mol. The largest absolute Gasteiger partial charge is 0.419 e. The molecule has 1 aromatic heterocycles. The number of aromatic nitrogens is 1. The number of H-pyrrole nitrogens is 1. The molecule has 0 atom stereocenters. The first-order chi connectivity index (χ1) is 7.84. The van der Waals surface area contributed by atoms with Crippen LogP contribution in [0.2, 0.25) is 5.02 Å². The zero-order valence-corrected chi connectivity index (χ0v) is 9.12. The lowest BCUT2D eigenvalue weighted by molar-refractivity contribution is -0.364. The van der Waals surface area contributed by atoms with Crippen molar-refractivity contribution in [1.82, 2.24) is 5.43 Å². The smallest absolute Gasteiger partial charge is 0.291 e. The first kappa shape index (κ1) is 13.5. The molecule has 0 aliphatic rings. The van der Waals surface area contributed by atoms with Crippen LogP contribution in [-0.4, -0.2) is 12.5 Å². The molecule has 5 nitrogen and oxygen atoms in total. The number of hydrogen-bond acceptors (Lipinski definition) is 3. The second-order valence-electron chi connectivity index (χ2n) is 3.03. The van der Waals surface area contributed by atoms with Gasteiger partial charge in [-0.15, -0.1) is 0 Å². The van der Waals surface area contributed by atoms with Crippen molar-refractivity contribution in [2.24, 2.45) is 5.84 Å². The highest BCUT2D eigenvalue weighted by molar-refractivity contribution is 6.32. The third-order valence-electron chi connectivity index (χ3n) is 1.81. The van der Waals surface area contributed by atoms with Crippen molar-refractivity contribution >= 4 is 23.3 Å². The van der Waals surface area contributed by atoms with Crippen LogP contribution in [0, 0.1) is 0 Å². The van der Waals surface area contributed by atoms with Crippen LogP contribution in [0.4, 0.5) is 19.0 Å². The molecule has 1 aromatic rings. The predicted octanol–water partition coefficient (Wildman–Crippen LogP) is 0.575. The molecule has 0 saturated heterocycles. The molecule has 0 aromatic carbocycles. The van der Waals surface area contributed by atoms with Crippen molar-refractivity contribution in [1.29, 1.82) is 0 Å². The summed E-state index contributed by atoms with van der Waals surface area (Å²) in [6.07, 6.45) is -3.73. The Morgan fingerprint density at radius 1 is 1.53 bits per heavy atom. The van der Waals surface area contributed by atoms with E-state index in [9.17, 15) is 18.0 Å². The predicted molar refractivity (Wildman–Crippen MR) is 53.8 cm³/mol. The molecule has 0 aliphatic heterocycles. The van der Waals surface area contributed by atoms with E-state index in [0.29, 0.717) is 0 Å². The molecule has 0 spiro atoms. The third-order valence-corrected chi connectivity index (χ3v) is 2.11. The number of nitrogens with one attached hydrogen (secondary N) is 3. The van der Waals surface area contributed by atoms with E-state index in [1.165, 1.54) is 0 Å². The quantitative estimate of drug-likeness (QED) is 0.426. The van der Waals surface area contributed by atoms with E-state index in [0.717, 1.165) is 12.3 Å². The van der Waals surface area contributed by atoms with Crippen molar-refractivity contribution in [3.05, 3.63) is 22.8 Å². The number of alkyl halides is 3. The van der Waals surface area contributed by atoms with Crippen LogP contribution in [0.25, 0.3) is 0 Å². The summed E-state index contributed by atoms with van der Waals surface area (Å²) in [6, 6.07) is 0.751. The fourth-order valence-corrected chi connectivity index (χ4v) is 1.23. The van der Waals surface area contributed by atoms with Crippen LogP contribution < -0.4 is 21.6 Å². The topological polar surface area (TPSA) is 81.3 Å². The molecule has 0 radical (unpaired) electrons.